The molecule has 0 spiro atoms. The molecule has 0 atom stereocenters. The largest absolute Gasteiger partial charge is 0.442 e. The molecule has 6 nitrogen and oxygen atoms in total. The van der Waals surface area contributed by atoms with Crippen LogP contribution in [0.2, 0.25) is 0 Å². The first-order valence-electron chi connectivity index (χ1n) is 4.19. The van der Waals surface area contributed by atoms with E-state index in [2.05, 4.69) is 9.97 Å². The molecule has 0 radical (unpaired) electrons. The number of oxazole rings is 1. The van der Waals surface area contributed by atoms with Crippen LogP contribution in [0.15, 0.2) is 29.1 Å². The molecular formula is C9H7N3O3. The van der Waals surface area contributed by atoms with Gasteiger partial charge in [-0.1, -0.05) is 0 Å². The molecule has 0 aliphatic heterocycles. The molecular weight excluding hydrogens is 198 g/mol. The molecule has 0 amide bonds. The summed E-state index contributed by atoms with van der Waals surface area (Å²) < 4.78 is 5.11. The van der Waals surface area contributed by atoms with Crippen molar-refractivity contribution in [2.75, 3.05) is 0 Å². The second kappa shape index (κ2) is 3.49. The number of aryl methyl sites for hydroxylation is 1. The highest BCUT2D eigenvalue weighted by molar-refractivity contribution is 5.55. The Labute approximate surface area is 84.7 Å². The zero-order chi connectivity index (χ0) is 10.8. The zero-order valence-corrected chi connectivity index (χ0v) is 7.88. The van der Waals surface area contributed by atoms with Crippen LogP contribution in [-0.2, 0) is 0 Å². The van der Waals surface area contributed by atoms with Gasteiger partial charge in [-0.2, -0.15) is 0 Å². The van der Waals surface area contributed by atoms with Gasteiger partial charge >= 0.3 is 0 Å². The SMILES string of the molecule is Cc1ncoc1-c1ccc([N+](=O)[O-])cn1. The first-order chi connectivity index (χ1) is 7.18. The Kier molecular flexibility index (Phi) is 2.17. The molecule has 0 bridgehead atoms. The molecule has 0 saturated carbocycles. The summed E-state index contributed by atoms with van der Waals surface area (Å²) in [7, 11) is 0. The molecule has 2 aromatic heterocycles. The lowest BCUT2D eigenvalue weighted by molar-refractivity contribution is -0.385. The van der Waals surface area contributed by atoms with Crippen molar-refractivity contribution in [1.82, 2.24) is 9.97 Å². The molecule has 0 saturated heterocycles. The third-order valence-electron chi connectivity index (χ3n) is 1.94. The van der Waals surface area contributed by atoms with E-state index < -0.39 is 4.92 Å². The van der Waals surface area contributed by atoms with Gasteiger partial charge in [0.05, 0.1) is 10.6 Å². The molecule has 0 aromatic carbocycles. The van der Waals surface area contributed by atoms with Crippen LogP contribution >= 0.6 is 0 Å². The summed E-state index contributed by atoms with van der Waals surface area (Å²) >= 11 is 0. The van der Waals surface area contributed by atoms with Gasteiger partial charge in [-0.3, -0.25) is 10.1 Å². The maximum Gasteiger partial charge on any atom is 0.287 e. The van der Waals surface area contributed by atoms with Gasteiger partial charge in [-0.15, -0.1) is 0 Å². The summed E-state index contributed by atoms with van der Waals surface area (Å²) in [6.07, 6.45) is 2.51. The lowest BCUT2D eigenvalue weighted by Gasteiger charge is -1.95. The third kappa shape index (κ3) is 1.69. The fourth-order valence-electron chi connectivity index (χ4n) is 1.18. The van der Waals surface area contributed by atoms with Crippen molar-refractivity contribution in [2.24, 2.45) is 0 Å². The molecule has 0 unspecified atom stereocenters. The van der Waals surface area contributed by atoms with Crippen molar-refractivity contribution in [3.05, 3.63) is 40.5 Å². The molecule has 2 rings (SSSR count). The molecule has 0 aliphatic rings. The van der Waals surface area contributed by atoms with E-state index in [0.717, 1.165) is 0 Å². The van der Waals surface area contributed by atoms with E-state index in [1.807, 2.05) is 0 Å². The fourth-order valence-corrected chi connectivity index (χ4v) is 1.18. The van der Waals surface area contributed by atoms with Gasteiger partial charge in [0.2, 0.25) is 0 Å². The average molecular weight is 205 g/mol. The molecule has 0 fully saturated rings. The lowest BCUT2D eigenvalue weighted by Crippen LogP contribution is -1.90. The number of hydrogen-bond acceptors (Lipinski definition) is 5. The molecule has 0 aliphatic carbocycles. The first kappa shape index (κ1) is 9.32. The first-order valence-corrected chi connectivity index (χ1v) is 4.19. The van der Waals surface area contributed by atoms with Gasteiger partial charge in [0.25, 0.3) is 5.69 Å². The molecule has 2 aromatic rings. The smallest absolute Gasteiger partial charge is 0.287 e. The minimum Gasteiger partial charge on any atom is -0.442 e. The van der Waals surface area contributed by atoms with Gasteiger partial charge in [0, 0.05) is 6.07 Å². The molecule has 76 valence electrons. The monoisotopic (exact) mass is 205 g/mol. The van der Waals surface area contributed by atoms with Crippen molar-refractivity contribution >= 4 is 5.69 Å². The standard InChI is InChI=1S/C9H7N3O3/c1-6-9(15-5-11-6)8-3-2-7(4-10-8)12(13)14/h2-5H,1H3. The van der Waals surface area contributed by atoms with E-state index in [4.69, 9.17) is 4.42 Å². The van der Waals surface area contributed by atoms with Crippen molar-refractivity contribution < 1.29 is 9.34 Å². The van der Waals surface area contributed by atoms with Crippen LogP contribution in [0.1, 0.15) is 5.69 Å². The van der Waals surface area contributed by atoms with E-state index in [1.54, 1.807) is 6.92 Å². The van der Waals surface area contributed by atoms with Crippen LogP contribution in [0.3, 0.4) is 0 Å². The number of hydrogen-bond donors (Lipinski definition) is 0. The number of nitrogens with zero attached hydrogens (tertiary/aromatic N) is 3. The third-order valence-corrected chi connectivity index (χ3v) is 1.94. The second-order valence-corrected chi connectivity index (χ2v) is 2.93. The van der Waals surface area contributed by atoms with Crippen LogP contribution in [-0.4, -0.2) is 14.9 Å². The maximum absolute atomic E-state index is 10.4. The van der Waals surface area contributed by atoms with Gasteiger partial charge in [0.15, 0.2) is 12.2 Å². The second-order valence-electron chi connectivity index (χ2n) is 2.93. The van der Waals surface area contributed by atoms with Crippen molar-refractivity contribution in [3.63, 3.8) is 0 Å². The Balaban J connectivity index is 2.40. The highest BCUT2D eigenvalue weighted by Gasteiger charge is 2.10. The molecule has 6 heteroatoms. The Hall–Kier alpha value is -2.24. The highest BCUT2D eigenvalue weighted by Crippen LogP contribution is 2.21. The average Bonchev–Trinajstić information content (AvgIpc) is 2.65. The van der Waals surface area contributed by atoms with Crippen LogP contribution < -0.4 is 0 Å². The Bertz CT molecular complexity index is 490. The predicted octanol–water partition coefficient (Wildman–Crippen LogP) is 1.95. The summed E-state index contributed by atoms with van der Waals surface area (Å²) in [5, 5.41) is 10.4. The summed E-state index contributed by atoms with van der Waals surface area (Å²) in [5.41, 5.74) is 1.20. The molecule has 0 N–H and O–H groups in total. The Morgan fingerprint density at radius 2 is 2.20 bits per heavy atom. The van der Waals surface area contributed by atoms with Gasteiger partial charge in [0.1, 0.15) is 11.9 Å². The van der Waals surface area contributed by atoms with E-state index in [0.29, 0.717) is 17.1 Å². The summed E-state index contributed by atoms with van der Waals surface area (Å²) in [4.78, 5) is 17.7. The quantitative estimate of drug-likeness (QED) is 0.552. The summed E-state index contributed by atoms with van der Waals surface area (Å²) in [6.45, 7) is 1.78. The van der Waals surface area contributed by atoms with E-state index >= 15 is 0 Å². The molecule has 2 heterocycles. The minimum atomic E-state index is -0.496. The Morgan fingerprint density at radius 1 is 1.40 bits per heavy atom. The van der Waals surface area contributed by atoms with Crippen molar-refractivity contribution in [1.29, 1.82) is 0 Å². The molecule has 15 heavy (non-hydrogen) atoms. The van der Waals surface area contributed by atoms with Gasteiger partial charge in [-0.25, -0.2) is 9.97 Å². The number of aromatic nitrogens is 2. The van der Waals surface area contributed by atoms with Gasteiger partial charge in [-0.05, 0) is 13.0 Å². The Morgan fingerprint density at radius 3 is 2.67 bits per heavy atom. The summed E-state index contributed by atoms with van der Waals surface area (Å²) in [5.74, 6) is 0.532. The van der Waals surface area contributed by atoms with Crippen LogP contribution in [0.4, 0.5) is 5.69 Å². The van der Waals surface area contributed by atoms with Crippen LogP contribution in [0, 0.1) is 17.0 Å². The fraction of sp³-hybridized carbons (Fsp3) is 0.111. The lowest BCUT2D eigenvalue weighted by atomic mass is 10.2. The van der Waals surface area contributed by atoms with Crippen LogP contribution in [0.25, 0.3) is 11.5 Å². The van der Waals surface area contributed by atoms with Gasteiger partial charge < -0.3 is 4.42 Å². The number of rotatable bonds is 2. The van der Waals surface area contributed by atoms with E-state index in [9.17, 15) is 10.1 Å². The maximum atomic E-state index is 10.4. The normalized spacial score (nSPS) is 10.2. The van der Waals surface area contributed by atoms with E-state index in [1.165, 1.54) is 24.7 Å². The highest BCUT2D eigenvalue weighted by atomic mass is 16.6. The number of pyridine rings is 1. The minimum absolute atomic E-state index is 0.0454. The topological polar surface area (TPSA) is 82.1 Å². The van der Waals surface area contributed by atoms with E-state index in [-0.39, 0.29) is 5.69 Å². The zero-order valence-electron chi connectivity index (χ0n) is 7.88. The number of nitro groups is 1. The van der Waals surface area contributed by atoms with Crippen molar-refractivity contribution in [3.8, 4) is 11.5 Å². The van der Waals surface area contributed by atoms with Crippen molar-refractivity contribution in [2.45, 2.75) is 6.92 Å². The predicted molar refractivity (Wildman–Crippen MR) is 51.1 cm³/mol. The summed E-state index contributed by atoms with van der Waals surface area (Å²) in [6, 6.07) is 2.91. The van der Waals surface area contributed by atoms with Crippen LogP contribution in [0.5, 0.6) is 0 Å².